The molecule has 0 spiro atoms. The van der Waals surface area contributed by atoms with E-state index >= 15 is 0 Å². The maximum Gasteiger partial charge on any atom is 0.136 e. The molecule has 20 heavy (non-hydrogen) atoms. The van der Waals surface area contributed by atoms with Gasteiger partial charge in [-0.25, -0.2) is 0 Å². The lowest BCUT2D eigenvalue weighted by Crippen LogP contribution is -2.25. The maximum atomic E-state index is 6.12. The number of hydrogen-bond acceptors (Lipinski definition) is 2. The van der Waals surface area contributed by atoms with Crippen LogP contribution in [0.25, 0.3) is 0 Å². The lowest BCUT2D eigenvalue weighted by Gasteiger charge is -2.20. The van der Waals surface area contributed by atoms with E-state index in [9.17, 15) is 0 Å². The van der Waals surface area contributed by atoms with Crippen molar-refractivity contribution in [1.29, 1.82) is 0 Å². The van der Waals surface area contributed by atoms with Gasteiger partial charge in [-0.1, -0.05) is 53.2 Å². The van der Waals surface area contributed by atoms with Gasteiger partial charge >= 0.3 is 0 Å². The fraction of sp³-hybridized carbons (Fsp3) is 0.294. The van der Waals surface area contributed by atoms with Gasteiger partial charge in [-0.05, 0) is 42.8 Å². The Balaban J connectivity index is 2.07. The van der Waals surface area contributed by atoms with Crippen molar-refractivity contribution in [3.63, 3.8) is 0 Å². The monoisotopic (exact) mass is 333 g/mol. The highest BCUT2D eigenvalue weighted by Crippen LogP contribution is 2.23. The summed E-state index contributed by atoms with van der Waals surface area (Å²) in [4.78, 5) is 0. The van der Waals surface area contributed by atoms with E-state index in [-0.39, 0.29) is 6.10 Å². The predicted octanol–water partition coefficient (Wildman–Crippen LogP) is 4.57. The van der Waals surface area contributed by atoms with Crippen LogP contribution >= 0.6 is 15.9 Å². The minimum absolute atomic E-state index is 0.0314. The molecule has 0 heterocycles. The molecule has 1 atom stereocenters. The second kappa shape index (κ2) is 8.08. The molecular formula is C17H20BrNO. The molecular weight excluding hydrogens is 314 g/mol. The summed E-state index contributed by atoms with van der Waals surface area (Å²) in [5.74, 6) is 0.889. The molecule has 0 aromatic heterocycles. The Hall–Kier alpha value is -1.32. The highest BCUT2D eigenvalue weighted by Gasteiger charge is 2.12. The molecule has 3 heteroatoms. The molecule has 0 aliphatic rings. The summed E-state index contributed by atoms with van der Waals surface area (Å²) in [5, 5.41) is 3.43. The van der Waals surface area contributed by atoms with Crippen molar-refractivity contribution in [2.45, 2.75) is 19.4 Å². The molecule has 0 aliphatic heterocycles. The van der Waals surface area contributed by atoms with E-state index < -0.39 is 0 Å². The Labute approximate surface area is 129 Å². The average Bonchev–Trinajstić information content (AvgIpc) is 2.49. The Morgan fingerprint density at radius 2 is 1.75 bits per heavy atom. The number of benzene rings is 2. The normalized spacial score (nSPS) is 12.1. The van der Waals surface area contributed by atoms with Crippen LogP contribution in [-0.2, 0) is 0 Å². The highest BCUT2D eigenvalue weighted by atomic mass is 79.9. The summed E-state index contributed by atoms with van der Waals surface area (Å²) < 4.78 is 7.18. The fourth-order valence-electron chi connectivity index (χ4n) is 1.98. The molecule has 0 radical (unpaired) electrons. The average molecular weight is 334 g/mol. The van der Waals surface area contributed by atoms with Crippen LogP contribution in [0.1, 0.15) is 25.0 Å². The lowest BCUT2D eigenvalue weighted by molar-refractivity contribution is 0.202. The summed E-state index contributed by atoms with van der Waals surface area (Å²) in [7, 11) is 0. The molecule has 0 aliphatic carbocycles. The van der Waals surface area contributed by atoms with Gasteiger partial charge in [-0.2, -0.15) is 0 Å². The second-order valence-corrected chi connectivity index (χ2v) is 5.59. The third-order valence-electron chi connectivity index (χ3n) is 3.02. The van der Waals surface area contributed by atoms with Crippen LogP contribution in [0.2, 0.25) is 0 Å². The Bertz CT molecular complexity index is 498. The first-order valence-electron chi connectivity index (χ1n) is 6.97. The SMILES string of the molecule is CCCNCC(Oc1ccc(Br)cc1)c1ccccc1. The molecule has 1 N–H and O–H groups in total. The van der Waals surface area contributed by atoms with Crippen molar-refractivity contribution in [3.8, 4) is 5.75 Å². The highest BCUT2D eigenvalue weighted by molar-refractivity contribution is 9.10. The van der Waals surface area contributed by atoms with E-state index in [0.717, 1.165) is 29.7 Å². The van der Waals surface area contributed by atoms with E-state index in [0.29, 0.717) is 0 Å². The molecule has 0 bridgehead atoms. The molecule has 0 fully saturated rings. The first kappa shape index (κ1) is 15.1. The molecule has 2 aromatic rings. The van der Waals surface area contributed by atoms with Gasteiger partial charge in [0, 0.05) is 11.0 Å². The van der Waals surface area contributed by atoms with Crippen LogP contribution in [0, 0.1) is 0 Å². The molecule has 106 valence electrons. The van der Waals surface area contributed by atoms with Gasteiger partial charge in [-0.15, -0.1) is 0 Å². The van der Waals surface area contributed by atoms with Crippen molar-refractivity contribution < 1.29 is 4.74 Å². The zero-order chi connectivity index (χ0) is 14.2. The molecule has 0 saturated heterocycles. The van der Waals surface area contributed by atoms with E-state index in [1.165, 1.54) is 5.56 Å². The molecule has 2 aromatic carbocycles. The van der Waals surface area contributed by atoms with Crippen LogP contribution in [-0.4, -0.2) is 13.1 Å². The first-order valence-corrected chi connectivity index (χ1v) is 7.76. The topological polar surface area (TPSA) is 21.3 Å². The smallest absolute Gasteiger partial charge is 0.136 e. The molecule has 1 unspecified atom stereocenters. The van der Waals surface area contributed by atoms with Gasteiger partial charge < -0.3 is 10.1 Å². The second-order valence-electron chi connectivity index (χ2n) is 4.68. The van der Waals surface area contributed by atoms with Gasteiger partial charge in [0.2, 0.25) is 0 Å². The van der Waals surface area contributed by atoms with E-state index in [4.69, 9.17) is 4.74 Å². The van der Waals surface area contributed by atoms with E-state index in [2.05, 4.69) is 40.3 Å². The summed E-state index contributed by atoms with van der Waals surface area (Å²) in [6.45, 7) is 3.99. The minimum Gasteiger partial charge on any atom is -0.484 e. The van der Waals surface area contributed by atoms with E-state index in [1.807, 2.05) is 42.5 Å². The molecule has 2 rings (SSSR count). The maximum absolute atomic E-state index is 6.12. The van der Waals surface area contributed by atoms with Crippen molar-refractivity contribution >= 4 is 15.9 Å². The van der Waals surface area contributed by atoms with Gasteiger partial charge in [0.25, 0.3) is 0 Å². The summed E-state index contributed by atoms with van der Waals surface area (Å²) in [5.41, 5.74) is 1.19. The molecule has 2 nitrogen and oxygen atoms in total. The zero-order valence-electron chi connectivity index (χ0n) is 11.7. The number of hydrogen-bond donors (Lipinski definition) is 1. The number of rotatable bonds is 7. The van der Waals surface area contributed by atoms with Crippen LogP contribution < -0.4 is 10.1 Å². The van der Waals surface area contributed by atoms with Crippen LogP contribution in [0.3, 0.4) is 0 Å². The number of halogens is 1. The van der Waals surface area contributed by atoms with Gasteiger partial charge in [0.15, 0.2) is 0 Å². The Kier molecular flexibility index (Phi) is 6.09. The van der Waals surface area contributed by atoms with Crippen LogP contribution in [0.15, 0.2) is 59.1 Å². The third kappa shape index (κ3) is 4.66. The van der Waals surface area contributed by atoms with Crippen molar-refractivity contribution in [2.24, 2.45) is 0 Å². The van der Waals surface area contributed by atoms with Crippen molar-refractivity contribution in [2.75, 3.05) is 13.1 Å². The van der Waals surface area contributed by atoms with Gasteiger partial charge in [-0.3, -0.25) is 0 Å². The van der Waals surface area contributed by atoms with Gasteiger partial charge in [0.05, 0.1) is 0 Å². The Morgan fingerprint density at radius 1 is 1.05 bits per heavy atom. The number of nitrogens with one attached hydrogen (secondary N) is 1. The van der Waals surface area contributed by atoms with Crippen molar-refractivity contribution in [1.82, 2.24) is 5.32 Å². The largest absolute Gasteiger partial charge is 0.484 e. The summed E-state index contributed by atoms with van der Waals surface area (Å²) >= 11 is 3.44. The number of ether oxygens (including phenoxy) is 1. The fourth-order valence-corrected chi connectivity index (χ4v) is 2.25. The van der Waals surface area contributed by atoms with Crippen LogP contribution in [0.4, 0.5) is 0 Å². The third-order valence-corrected chi connectivity index (χ3v) is 3.55. The van der Waals surface area contributed by atoms with Gasteiger partial charge in [0.1, 0.15) is 11.9 Å². The van der Waals surface area contributed by atoms with E-state index in [1.54, 1.807) is 0 Å². The van der Waals surface area contributed by atoms with Crippen molar-refractivity contribution in [3.05, 3.63) is 64.6 Å². The Morgan fingerprint density at radius 3 is 2.40 bits per heavy atom. The standard InChI is InChI=1S/C17H20BrNO/c1-2-12-19-13-17(14-6-4-3-5-7-14)20-16-10-8-15(18)9-11-16/h3-11,17,19H,2,12-13H2,1H3. The minimum atomic E-state index is 0.0314. The molecule has 0 saturated carbocycles. The summed E-state index contributed by atoms with van der Waals surface area (Å²) in [6, 6.07) is 18.3. The zero-order valence-corrected chi connectivity index (χ0v) is 13.3. The van der Waals surface area contributed by atoms with Crippen LogP contribution in [0.5, 0.6) is 5.75 Å². The predicted molar refractivity (Wildman–Crippen MR) is 87.1 cm³/mol. The quantitative estimate of drug-likeness (QED) is 0.749. The molecule has 0 amide bonds. The lowest BCUT2D eigenvalue weighted by atomic mass is 10.1. The summed E-state index contributed by atoms with van der Waals surface area (Å²) in [6.07, 6.45) is 1.16. The first-order chi connectivity index (χ1) is 9.79.